The van der Waals surface area contributed by atoms with Gasteiger partial charge < -0.3 is 19.2 Å². The molecule has 2 heterocycles. The molecule has 1 N–H and O–H groups in total. The Bertz CT molecular complexity index is 1030. The van der Waals surface area contributed by atoms with Gasteiger partial charge in [-0.1, -0.05) is 24.3 Å². The van der Waals surface area contributed by atoms with Crippen LogP contribution in [0.1, 0.15) is 18.2 Å². The second kappa shape index (κ2) is 8.32. The van der Waals surface area contributed by atoms with E-state index in [1.165, 1.54) is 4.90 Å². The van der Waals surface area contributed by atoms with E-state index in [0.29, 0.717) is 23.7 Å². The van der Waals surface area contributed by atoms with Crippen molar-refractivity contribution >= 4 is 17.5 Å². The van der Waals surface area contributed by atoms with Gasteiger partial charge in [-0.3, -0.25) is 14.5 Å². The van der Waals surface area contributed by atoms with Gasteiger partial charge in [0.15, 0.2) is 6.10 Å². The van der Waals surface area contributed by atoms with E-state index in [2.05, 4.69) is 0 Å². The highest BCUT2D eigenvalue weighted by Gasteiger charge is 2.33. The molecule has 2 aromatic carbocycles. The van der Waals surface area contributed by atoms with E-state index >= 15 is 0 Å². The van der Waals surface area contributed by atoms with E-state index in [-0.39, 0.29) is 30.7 Å². The van der Waals surface area contributed by atoms with Gasteiger partial charge >= 0.3 is 0 Å². The average Bonchev–Trinajstić information content (AvgIpc) is 3.25. The summed E-state index contributed by atoms with van der Waals surface area (Å²) in [5.41, 5.74) is 1.44. The van der Waals surface area contributed by atoms with E-state index in [1.54, 1.807) is 72.7 Å². The lowest BCUT2D eigenvalue weighted by Gasteiger charge is -2.34. The number of carbonyl (C=O) groups excluding carboxylic acids is 2. The number of rotatable bonds is 6. The third-order valence-electron chi connectivity index (χ3n) is 4.96. The Hall–Kier alpha value is -3.74. The molecule has 2 amide bonds. The number of ether oxygens (including phenoxy) is 1. The molecule has 0 aliphatic carbocycles. The molecule has 0 radical (unpaired) electrons. The summed E-state index contributed by atoms with van der Waals surface area (Å²) < 4.78 is 11.1. The number of anilines is 1. The topological polar surface area (TPSA) is 83.2 Å². The predicted molar refractivity (Wildman–Crippen MR) is 110 cm³/mol. The van der Waals surface area contributed by atoms with Gasteiger partial charge in [-0.05, 0) is 48.9 Å². The number of benzene rings is 2. The highest BCUT2D eigenvalue weighted by atomic mass is 16.5. The van der Waals surface area contributed by atoms with Crippen LogP contribution in [0, 0.1) is 0 Å². The maximum absolute atomic E-state index is 13.3. The first-order valence-corrected chi connectivity index (χ1v) is 9.66. The van der Waals surface area contributed by atoms with Crippen molar-refractivity contribution in [1.82, 2.24) is 4.90 Å². The molecule has 1 aromatic heterocycles. The second-order valence-corrected chi connectivity index (χ2v) is 7.15. The van der Waals surface area contributed by atoms with E-state index in [0.717, 1.165) is 5.56 Å². The van der Waals surface area contributed by atoms with Crippen molar-refractivity contribution in [2.45, 2.75) is 26.1 Å². The summed E-state index contributed by atoms with van der Waals surface area (Å²) in [5.74, 6) is 0.895. The molecule has 7 nitrogen and oxygen atoms in total. The maximum atomic E-state index is 13.3. The van der Waals surface area contributed by atoms with Crippen LogP contribution in [0.4, 0.5) is 5.69 Å². The van der Waals surface area contributed by atoms with Crippen LogP contribution >= 0.6 is 0 Å². The molecule has 0 bridgehead atoms. The first-order chi connectivity index (χ1) is 14.5. The quantitative estimate of drug-likeness (QED) is 0.679. The van der Waals surface area contributed by atoms with Crippen molar-refractivity contribution in [2.24, 2.45) is 0 Å². The van der Waals surface area contributed by atoms with Crippen molar-refractivity contribution in [2.75, 3.05) is 11.4 Å². The van der Waals surface area contributed by atoms with E-state index in [4.69, 9.17) is 9.15 Å². The number of phenolic OH excluding ortho intramolecular Hbond substituents is 1. The Morgan fingerprint density at radius 1 is 1.07 bits per heavy atom. The van der Waals surface area contributed by atoms with Crippen LogP contribution in [0.25, 0.3) is 0 Å². The lowest BCUT2D eigenvalue weighted by Crippen LogP contribution is -2.49. The average molecular weight is 406 g/mol. The third kappa shape index (κ3) is 4.15. The number of carbonyl (C=O) groups is 2. The minimum Gasteiger partial charge on any atom is -0.508 e. The zero-order valence-corrected chi connectivity index (χ0v) is 16.5. The lowest BCUT2D eigenvalue weighted by atomic mass is 10.1. The molecule has 3 aromatic rings. The molecule has 0 saturated carbocycles. The summed E-state index contributed by atoms with van der Waals surface area (Å²) in [4.78, 5) is 29.1. The van der Waals surface area contributed by atoms with Crippen molar-refractivity contribution in [1.29, 1.82) is 0 Å². The molecular weight excluding hydrogens is 384 g/mol. The summed E-state index contributed by atoms with van der Waals surface area (Å²) >= 11 is 0. The van der Waals surface area contributed by atoms with Crippen LogP contribution in [0.3, 0.4) is 0 Å². The van der Waals surface area contributed by atoms with Crippen LogP contribution in [0.5, 0.6) is 11.5 Å². The predicted octanol–water partition coefficient (Wildman–Crippen LogP) is 3.33. The molecule has 1 aliphatic heterocycles. The normalized spacial score (nSPS) is 15.4. The Morgan fingerprint density at radius 2 is 1.83 bits per heavy atom. The summed E-state index contributed by atoms with van der Waals surface area (Å²) in [6.45, 7) is 2.15. The standard InChI is InChI=1S/C23H22N2O5/c1-16-23(28)25(20-6-2-3-7-21(20)30-16)15-22(27)24(14-19-5-4-12-29-19)13-17-8-10-18(26)11-9-17/h2-12,16,26H,13-15H2,1H3/t16-/m0/s1. The fraction of sp³-hybridized carbons (Fsp3) is 0.217. The summed E-state index contributed by atoms with van der Waals surface area (Å²) in [6, 6.07) is 17.4. The minimum atomic E-state index is -0.664. The van der Waals surface area contributed by atoms with Crippen molar-refractivity contribution in [3.8, 4) is 11.5 Å². The largest absolute Gasteiger partial charge is 0.508 e. The molecule has 1 atom stereocenters. The molecule has 0 unspecified atom stereocenters. The van der Waals surface area contributed by atoms with Gasteiger partial charge in [0, 0.05) is 6.54 Å². The zero-order valence-electron chi connectivity index (χ0n) is 16.5. The Balaban J connectivity index is 1.58. The molecule has 7 heteroatoms. The molecular formula is C23H22N2O5. The number of furan rings is 1. The SMILES string of the molecule is C[C@@H]1Oc2ccccc2N(CC(=O)N(Cc2ccc(O)cc2)Cc2ccco2)C1=O. The molecule has 1 aliphatic rings. The van der Waals surface area contributed by atoms with Crippen LogP contribution in [0.2, 0.25) is 0 Å². The summed E-state index contributed by atoms with van der Waals surface area (Å²) in [7, 11) is 0. The van der Waals surface area contributed by atoms with Crippen molar-refractivity contribution in [3.05, 3.63) is 78.3 Å². The third-order valence-corrected chi connectivity index (χ3v) is 4.96. The number of amides is 2. The number of phenols is 1. The number of nitrogens with zero attached hydrogens (tertiary/aromatic N) is 2. The van der Waals surface area contributed by atoms with Gasteiger partial charge in [-0.25, -0.2) is 0 Å². The summed E-state index contributed by atoms with van der Waals surface area (Å²) in [5, 5.41) is 9.52. The first kappa shape index (κ1) is 19.6. The van der Waals surface area contributed by atoms with Crippen LogP contribution in [-0.2, 0) is 22.7 Å². The second-order valence-electron chi connectivity index (χ2n) is 7.15. The van der Waals surface area contributed by atoms with Gasteiger partial charge in [0.05, 0.1) is 18.5 Å². The van der Waals surface area contributed by atoms with Gasteiger partial charge in [0.1, 0.15) is 23.8 Å². The lowest BCUT2D eigenvalue weighted by molar-refractivity contribution is -0.134. The van der Waals surface area contributed by atoms with Gasteiger partial charge in [-0.2, -0.15) is 0 Å². The van der Waals surface area contributed by atoms with E-state index in [9.17, 15) is 14.7 Å². The fourth-order valence-electron chi connectivity index (χ4n) is 3.40. The van der Waals surface area contributed by atoms with Gasteiger partial charge in [0.25, 0.3) is 5.91 Å². The van der Waals surface area contributed by atoms with E-state index < -0.39 is 6.10 Å². The first-order valence-electron chi connectivity index (χ1n) is 9.66. The number of aromatic hydroxyl groups is 1. The molecule has 0 fully saturated rings. The van der Waals surface area contributed by atoms with Crippen LogP contribution in [0.15, 0.2) is 71.3 Å². The monoisotopic (exact) mass is 406 g/mol. The highest BCUT2D eigenvalue weighted by Crippen LogP contribution is 2.33. The molecule has 4 rings (SSSR count). The molecule has 0 saturated heterocycles. The van der Waals surface area contributed by atoms with Gasteiger partial charge in [0.2, 0.25) is 5.91 Å². The van der Waals surface area contributed by atoms with Crippen LogP contribution in [-0.4, -0.2) is 34.5 Å². The molecule has 30 heavy (non-hydrogen) atoms. The number of hydrogen-bond acceptors (Lipinski definition) is 5. The number of para-hydroxylation sites is 2. The van der Waals surface area contributed by atoms with Crippen molar-refractivity contribution < 1.29 is 23.8 Å². The van der Waals surface area contributed by atoms with Gasteiger partial charge in [-0.15, -0.1) is 0 Å². The molecule has 154 valence electrons. The number of hydrogen-bond donors (Lipinski definition) is 1. The Kier molecular flexibility index (Phi) is 5.43. The van der Waals surface area contributed by atoms with E-state index in [1.807, 2.05) is 6.07 Å². The zero-order chi connectivity index (χ0) is 21.1. The number of fused-ring (bicyclic) bond motifs is 1. The highest BCUT2D eigenvalue weighted by molar-refractivity contribution is 6.03. The Morgan fingerprint density at radius 3 is 2.57 bits per heavy atom. The summed E-state index contributed by atoms with van der Waals surface area (Å²) in [6.07, 6.45) is 0.894. The fourth-order valence-corrected chi connectivity index (χ4v) is 3.40. The Labute approximate surface area is 174 Å². The van der Waals surface area contributed by atoms with Crippen LogP contribution < -0.4 is 9.64 Å². The maximum Gasteiger partial charge on any atom is 0.268 e. The smallest absolute Gasteiger partial charge is 0.268 e. The van der Waals surface area contributed by atoms with Crippen molar-refractivity contribution in [3.63, 3.8) is 0 Å². The molecule has 0 spiro atoms. The minimum absolute atomic E-state index is 0.109.